The Morgan fingerprint density at radius 1 is 1.05 bits per heavy atom. The molecule has 110 valence electrons. The van der Waals surface area contributed by atoms with Crippen LogP contribution in [0.25, 0.3) is 22.7 Å². The molecule has 0 radical (unpaired) electrons. The Morgan fingerprint density at radius 3 is 2.32 bits per heavy atom. The number of aromatic nitrogens is 2. The van der Waals surface area contributed by atoms with Crippen LogP contribution in [0.5, 0.6) is 5.75 Å². The van der Waals surface area contributed by atoms with Crippen LogP contribution in [-0.4, -0.2) is 22.0 Å². The van der Waals surface area contributed by atoms with Gasteiger partial charge in [0.15, 0.2) is 0 Å². The number of nitrogens with zero attached hydrogens (tertiary/aromatic N) is 2. The van der Waals surface area contributed by atoms with E-state index in [9.17, 15) is 5.11 Å². The SMILES string of the molecule is C=C(O)c1ccc(-c2ccn(-c3ccc(OC)cc3)n2)cc1. The Labute approximate surface area is 128 Å². The molecule has 2 aromatic carbocycles. The summed E-state index contributed by atoms with van der Waals surface area (Å²) in [6.07, 6.45) is 1.91. The lowest BCUT2D eigenvalue weighted by molar-refractivity contribution is 0.414. The molecule has 4 heteroatoms. The van der Waals surface area contributed by atoms with Gasteiger partial charge >= 0.3 is 0 Å². The molecular formula is C18H16N2O2. The van der Waals surface area contributed by atoms with Crippen LogP contribution in [0.2, 0.25) is 0 Å². The summed E-state index contributed by atoms with van der Waals surface area (Å²) in [6, 6.07) is 17.1. The second-order valence-corrected chi connectivity index (χ2v) is 4.87. The van der Waals surface area contributed by atoms with E-state index in [0.717, 1.165) is 22.7 Å². The van der Waals surface area contributed by atoms with Crippen LogP contribution >= 0.6 is 0 Å². The van der Waals surface area contributed by atoms with Crippen molar-refractivity contribution in [1.29, 1.82) is 0 Å². The first-order valence-electron chi connectivity index (χ1n) is 6.86. The van der Waals surface area contributed by atoms with Crippen molar-refractivity contribution in [3.05, 3.63) is 72.9 Å². The minimum absolute atomic E-state index is 0.0651. The largest absolute Gasteiger partial charge is 0.508 e. The number of hydrogen-bond acceptors (Lipinski definition) is 3. The van der Waals surface area contributed by atoms with Crippen molar-refractivity contribution in [2.75, 3.05) is 7.11 Å². The van der Waals surface area contributed by atoms with Crippen molar-refractivity contribution in [3.63, 3.8) is 0 Å². The molecule has 0 saturated carbocycles. The highest BCUT2D eigenvalue weighted by molar-refractivity contribution is 5.64. The van der Waals surface area contributed by atoms with E-state index in [-0.39, 0.29) is 5.76 Å². The summed E-state index contributed by atoms with van der Waals surface area (Å²) >= 11 is 0. The van der Waals surface area contributed by atoms with Gasteiger partial charge in [0.2, 0.25) is 0 Å². The highest BCUT2D eigenvalue weighted by Crippen LogP contribution is 2.21. The van der Waals surface area contributed by atoms with Gasteiger partial charge in [0.1, 0.15) is 11.5 Å². The van der Waals surface area contributed by atoms with Crippen molar-refractivity contribution >= 4 is 5.76 Å². The molecule has 0 aliphatic rings. The molecule has 0 atom stereocenters. The van der Waals surface area contributed by atoms with E-state index in [0.29, 0.717) is 5.56 Å². The van der Waals surface area contributed by atoms with Crippen molar-refractivity contribution < 1.29 is 9.84 Å². The van der Waals surface area contributed by atoms with Gasteiger partial charge in [-0.25, -0.2) is 4.68 Å². The third kappa shape index (κ3) is 2.72. The Morgan fingerprint density at radius 2 is 1.73 bits per heavy atom. The van der Waals surface area contributed by atoms with Crippen molar-refractivity contribution in [2.24, 2.45) is 0 Å². The molecule has 1 N–H and O–H groups in total. The molecule has 4 nitrogen and oxygen atoms in total. The lowest BCUT2D eigenvalue weighted by atomic mass is 10.1. The molecule has 0 bridgehead atoms. The zero-order chi connectivity index (χ0) is 15.5. The number of hydrogen-bond donors (Lipinski definition) is 1. The number of ether oxygens (including phenoxy) is 1. The zero-order valence-corrected chi connectivity index (χ0v) is 12.2. The fourth-order valence-corrected chi connectivity index (χ4v) is 2.19. The molecule has 0 unspecified atom stereocenters. The van der Waals surface area contributed by atoms with Gasteiger partial charge in [-0.15, -0.1) is 0 Å². The summed E-state index contributed by atoms with van der Waals surface area (Å²) in [5, 5.41) is 13.9. The van der Waals surface area contributed by atoms with Crippen LogP contribution in [0.15, 0.2) is 67.4 Å². The minimum Gasteiger partial charge on any atom is -0.508 e. The first-order valence-corrected chi connectivity index (χ1v) is 6.86. The maximum absolute atomic E-state index is 9.36. The number of aliphatic hydroxyl groups is 1. The highest BCUT2D eigenvalue weighted by atomic mass is 16.5. The maximum atomic E-state index is 9.36. The first kappa shape index (κ1) is 13.9. The molecule has 1 aromatic heterocycles. The second-order valence-electron chi connectivity index (χ2n) is 4.87. The van der Waals surface area contributed by atoms with Gasteiger partial charge in [-0.2, -0.15) is 5.10 Å². The number of benzene rings is 2. The Kier molecular flexibility index (Phi) is 3.66. The summed E-state index contributed by atoms with van der Waals surface area (Å²) in [7, 11) is 1.64. The zero-order valence-electron chi connectivity index (χ0n) is 12.2. The standard InChI is InChI=1S/C18H16N2O2/c1-13(21)14-3-5-15(6-4-14)18-11-12-20(19-18)16-7-9-17(22-2)10-8-16/h3-12,21H,1H2,2H3. The average Bonchev–Trinajstić information content (AvgIpc) is 3.05. The van der Waals surface area contributed by atoms with Gasteiger partial charge in [0.05, 0.1) is 18.5 Å². The van der Waals surface area contributed by atoms with E-state index in [4.69, 9.17) is 4.74 Å². The van der Waals surface area contributed by atoms with Gasteiger partial charge < -0.3 is 9.84 Å². The van der Waals surface area contributed by atoms with Crippen LogP contribution in [0.4, 0.5) is 0 Å². The third-order valence-electron chi connectivity index (χ3n) is 3.44. The molecule has 22 heavy (non-hydrogen) atoms. The quantitative estimate of drug-likeness (QED) is 0.737. The topological polar surface area (TPSA) is 47.3 Å². The fourth-order valence-electron chi connectivity index (χ4n) is 2.19. The van der Waals surface area contributed by atoms with E-state index in [1.54, 1.807) is 7.11 Å². The second kappa shape index (κ2) is 5.77. The van der Waals surface area contributed by atoms with E-state index in [1.807, 2.05) is 65.5 Å². The van der Waals surface area contributed by atoms with Crippen LogP contribution in [-0.2, 0) is 0 Å². The average molecular weight is 292 g/mol. The molecule has 0 fully saturated rings. The smallest absolute Gasteiger partial charge is 0.119 e. The molecule has 0 spiro atoms. The Balaban J connectivity index is 1.87. The maximum Gasteiger partial charge on any atom is 0.119 e. The molecule has 3 rings (SSSR count). The van der Waals surface area contributed by atoms with Crippen molar-refractivity contribution in [1.82, 2.24) is 9.78 Å². The fraction of sp³-hybridized carbons (Fsp3) is 0.0556. The highest BCUT2D eigenvalue weighted by Gasteiger charge is 2.05. The van der Waals surface area contributed by atoms with E-state index in [2.05, 4.69) is 11.7 Å². The van der Waals surface area contributed by atoms with Gasteiger partial charge in [-0.1, -0.05) is 30.8 Å². The lowest BCUT2D eigenvalue weighted by Crippen LogP contribution is -1.95. The molecule has 1 heterocycles. The van der Waals surface area contributed by atoms with Crippen LogP contribution in [0, 0.1) is 0 Å². The van der Waals surface area contributed by atoms with Crippen LogP contribution in [0.1, 0.15) is 5.56 Å². The predicted molar refractivity (Wildman–Crippen MR) is 87.2 cm³/mol. The van der Waals surface area contributed by atoms with Crippen LogP contribution < -0.4 is 4.74 Å². The van der Waals surface area contributed by atoms with Gasteiger partial charge in [0.25, 0.3) is 0 Å². The molecule has 0 saturated heterocycles. The molecular weight excluding hydrogens is 276 g/mol. The molecule has 0 aliphatic heterocycles. The number of rotatable bonds is 4. The normalized spacial score (nSPS) is 10.4. The first-order chi connectivity index (χ1) is 10.7. The summed E-state index contributed by atoms with van der Waals surface area (Å²) in [6.45, 7) is 3.51. The Hall–Kier alpha value is -3.01. The lowest BCUT2D eigenvalue weighted by Gasteiger charge is -2.04. The molecule has 0 aliphatic carbocycles. The van der Waals surface area contributed by atoms with Gasteiger partial charge in [0, 0.05) is 17.3 Å². The van der Waals surface area contributed by atoms with E-state index < -0.39 is 0 Å². The predicted octanol–water partition coefficient (Wildman–Crippen LogP) is 4.08. The van der Waals surface area contributed by atoms with Gasteiger partial charge in [-0.05, 0) is 30.3 Å². The summed E-state index contributed by atoms with van der Waals surface area (Å²) < 4.78 is 6.97. The number of methoxy groups -OCH3 is 1. The minimum atomic E-state index is 0.0651. The molecule has 3 aromatic rings. The van der Waals surface area contributed by atoms with Crippen molar-refractivity contribution in [2.45, 2.75) is 0 Å². The van der Waals surface area contributed by atoms with Crippen molar-refractivity contribution in [3.8, 4) is 22.7 Å². The number of aliphatic hydroxyl groups excluding tert-OH is 1. The summed E-state index contributed by atoms with van der Waals surface area (Å²) in [5.74, 6) is 0.881. The van der Waals surface area contributed by atoms with E-state index >= 15 is 0 Å². The van der Waals surface area contributed by atoms with Crippen LogP contribution in [0.3, 0.4) is 0 Å². The Bertz CT molecular complexity index is 787. The molecule has 0 amide bonds. The summed E-state index contributed by atoms with van der Waals surface area (Å²) in [5.41, 5.74) is 3.52. The summed E-state index contributed by atoms with van der Waals surface area (Å²) in [4.78, 5) is 0. The van der Waals surface area contributed by atoms with Gasteiger partial charge in [-0.3, -0.25) is 0 Å². The third-order valence-corrected chi connectivity index (χ3v) is 3.44. The van der Waals surface area contributed by atoms with E-state index in [1.165, 1.54) is 0 Å². The monoisotopic (exact) mass is 292 g/mol.